The summed E-state index contributed by atoms with van der Waals surface area (Å²) >= 11 is 6.62. The maximum absolute atomic E-state index is 6.62. The zero-order chi connectivity index (χ0) is 12.8. The van der Waals surface area contributed by atoms with Gasteiger partial charge in [-0.15, -0.1) is 11.6 Å². The smallest absolute Gasteiger partial charge is 0.196 e. The molecule has 1 aromatic heterocycles. The van der Waals surface area contributed by atoms with E-state index in [9.17, 15) is 0 Å². The molecule has 2 aliphatic carbocycles. The van der Waals surface area contributed by atoms with E-state index >= 15 is 0 Å². The van der Waals surface area contributed by atoms with Crippen molar-refractivity contribution in [3.63, 3.8) is 0 Å². The van der Waals surface area contributed by atoms with Crippen molar-refractivity contribution in [3.05, 3.63) is 30.2 Å². The van der Waals surface area contributed by atoms with Crippen LogP contribution in [0.1, 0.15) is 31.6 Å². The van der Waals surface area contributed by atoms with Crippen molar-refractivity contribution in [3.8, 4) is 0 Å². The largest absolute Gasteiger partial charge is 0.441 e. The van der Waals surface area contributed by atoms with Crippen molar-refractivity contribution in [2.75, 3.05) is 0 Å². The summed E-state index contributed by atoms with van der Waals surface area (Å²) < 4.78 is 5.77. The van der Waals surface area contributed by atoms with Gasteiger partial charge in [0, 0.05) is 11.8 Å². The summed E-state index contributed by atoms with van der Waals surface area (Å²) in [6.45, 7) is 0. The molecule has 2 nitrogen and oxygen atoms in total. The number of aromatic nitrogens is 1. The summed E-state index contributed by atoms with van der Waals surface area (Å²) in [5, 5.41) is 0.196. The van der Waals surface area contributed by atoms with Gasteiger partial charge in [-0.05, 0) is 42.7 Å². The molecule has 0 bridgehead atoms. The van der Waals surface area contributed by atoms with Gasteiger partial charge in [-0.2, -0.15) is 0 Å². The van der Waals surface area contributed by atoms with Gasteiger partial charge in [-0.3, -0.25) is 0 Å². The van der Waals surface area contributed by atoms with Crippen LogP contribution >= 0.6 is 11.6 Å². The number of halogens is 1. The molecule has 2 aromatic rings. The fraction of sp³-hybridized carbons (Fsp3) is 0.562. The average Bonchev–Trinajstić information content (AvgIpc) is 3.02. The Labute approximate surface area is 118 Å². The van der Waals surface area contributed by atoms with Crippen LogP contribution in [0, 0.1) is 17.8 Å². The molecule has 2 saturated carbocycles. The maximum Gasteiger partial charge on any atom is 0.196 e. The molecular formula is C16H18ClNO. The number of alkyl halides is 1. The maximum atomic E-state index is 6.62. The van der Waals surface area contributed by atoms with Crippen LogP contribution < -0.4 is 0 Å². The van der Waals surface area contributed by atoms with Gasteiger partial charge < -0.3 is 4.42 Å². The highest BCUT2D eigenvalue weighted by Gasteiger charge is 2.53. The van der Waals surface area contributed by atoms with E-state index in [1.165, 1.54) is 25.7 Å². The predicted molar refractivity (Wildman–Crippen MR) is 76.3 cm³/mol. The van der Waals surface area contributed by atoms with Gasteiger partial charge in [-0.1, -0.05) is 25.0 Å². The summed E-state index contributed by atoms with van der Waals surface area (Å²) in [5.74, 6) is 3.28. The monoisotopic (exact) mass is 275 g/mol. The predicted octanol–water partition coefficient (Wildman–Crippen LogP) is 4.41. The molecule has 1 heterocycles. The van der Waals surface area contributed by atoms with E-state index in [1.807, 2.05) is 24.3 Å². The fourth-order valence-corrected chi connectivity index (χ4v) is 4.40. The van der Waals surface area contributed by atoms with E-state index in [2.05, 4.69) is 4.98 Å². The number of para-hydroxylation sites is 2. The third kappa shape index (κ3) is 2.06. The average molecular weight is 276 g/mol. The molecule has 0 aliphatic heterocycles. The molecule has 3 heteroatoms. The van der Waals surface area contributed by atoms with Crippen molar-refractivity contribution in [1.82, 2.24) is 4.98 Å². The molecule has 4 rings (SSSR count). The third-order valence-corrected chi connectivity index (χ3v) is 5.29. The molecule has 0 amide bonds. The highest BCUT2D eigenvalue weighted by Crippen LogP contribution is 2.58. The van der Waals surface area contributed by atoms with Crippen LogP contribution in [0.2, 0.25) is 0 Å². The Bertz CT molecular complexity index is 548. The Hall–Kier alpha value is -1.02. The first-order chi connectivity index (χ1) is 9.33. The number of rotatable bonds is 3. The molecule has 19 heavy (non-hydrogen) atoms. The van der Waals surface area contributed by atoms with Gasteiger partial charge in [0.15, 0.2) is 11.5 Å². The molecule has 2 aliphatic rings. The van der Waals surface area contributed by atoms with Crippen molar-refractivity contribution in [2.45, 2.75) is 37.5 Å². The van der Waals surface area contributed by atoms with E-state index < -0.39 is 0 Å². The van der Waals surface area contributed by atoms with Crippen molar-refractivity contribution in [1.29, 1.82) is 0 Å². The van der Waals surface area contributed by atoms with Crippen molar-refractivity contribution in [2.24, 2.45) is 17.8 Å². The van der Waals surface area contributed by atoms with Crippen LogP contribution in [0.25, 0.3) is 11.1 Å². The van der Waals surface area contributed by atoms with Crippen LogP contribution in [0.3, 0.4) is 0 Å². The lowest BCUT2D eigenvalue weighted by Crippen LogP contribution is -2.08. The Kier molecular flexibility index (Phi) is 2.80. The first-order valence-electron chi connectivity index (χ1n) is 7.31. The minimum absolute atomic E-state index is 0.196. The molecule has 0 N–H and O–H groups in total. The lowest BCUT2D eigenvalue weighted by atomic mass is 10.0. The van der Waals surface area contributed by atoms with Gasteiger partial charge in [0.25, 0.3) is 0 Å². The molecular weight excluding hydrogens is 258 g/mol. The van der Waals surface area contributed by atoms with E-state index in [1.54, 1.807) is 0 Å². The van der Waals surface area contributed by atoms with Gasteiger partial charge in [0.2, 0.25) is 0 Å². The Morgan fingerprint density at radius 2 is 1.95 bits per heavy atom. The first kappa shape index (κ1) is 11.8. The third-order valence-electron chi connectivity index (χ3n) is 4.85. The van der Waals surface area contributed by atoms with Crippen LogP contribution in [0.15, 0.2) is 28.7 Å². The van der Waals surface area contributed by atoms with E-state index in [-0.39, 0.29) is 5.38 Å². The van der Waals surface area contributed by atoms with Crippen LogP contribution in [-0.4, -0.2) is 10.4 Å². The lowest BCUT2D eigenvalue weighted by molar-refractivity contribution is 0.480. The number of nitrogens with zero attached hydrogens (tertiary/aromatic N) is 1. The van der Waals surface area contributed by atoms with Crippen LogP contribution in [-0.2, 0) is 6.42 Å². The molecule has 100 valence electrons. The lowest BCUT2D eigenvalue weighted by Gasteiger charge is -2.05. The topological polar surface area (TPSA) is 26.0 Å². The zero-order valence-corrected chi connectivity index (χ0v) is 11.6. The summed E-state index contributed by atoms with van der Waals surface area (Å²) in [6.07, 6.45) is 6.32. The van der Waals surface area contributed by atoms with Crippen LogP contribution in [0.4, 0.5) is 0 Å². The summed E-state index contributed by atoms with van der Waals surface area (Å²) in [4.78, 5) is 4.53. The Morgan fingerprint density at radius 3 is 2.68 bits per heavy atom. The van der Waals surface area contributed by atoms with Gasteiger partial charge in [0.05, 0.1) is 0 Å². The second-order valence-corrected chi connectivity index (χ2v) is 6.55. The summed E-state index contributed by atoms with van der Waals surface area (Å²) in [6, 6.07) is 7.92. The van der Waals surface area contributed by atoms with Crippen LogP contribution in [0.5, 0.6) is 0 Å². The number of oxazole rings is 1. The van der Waals surface area contributed by atoms with Gasteiger partial charge >= 0.3 is 0 Å². The van der Waals surface area contributed by atoms with Crippen molar-refractivity contribution < 1.29 is 4.42 Å². The molecule has 1 aromatic carbocycles. The van der Waals surface area contributed by atoms with Gasteiger partial charge in [-0.25, -0.2) is 4.98 Å². The second kappa shape index (κ2) is 4.52. The highest BCUT2D eigenvalue weighted by molar-refractivity contribution is 6.21. The first-order valence-corrected chi connectivity index (χ1v) is 7.75. The number of fused-ring (bicyclic) bond motifs is 2. The molecule has 0 spiro atoms. The van der Waals surface area contributed by atoms with Gasteiger partial charge in [0.1, 0.15) is 5.52 Å². The second-order valence-electron chi connectivity index (χ2n) is 5.98. The Morgan fingerprint density at radius 1 is 1.21 bits per heavy atom. The number of hydrogen-bond acceptors (Lipinski definition) is 2. The van der Waals surface area contributed by atoms with E-state index in [4.69, 9.17) is 16.0 Å². The minimum atomic E-state index is 0.196. The number of benzene rings is 1. The van der Waals surface area contributed by atoms with E-state index in [0.29, 0.717) is 5.92 Å². The number of hydrogen-bond donors (Lipinski definition) is 0. The fourth-order valence-electron chi connectivity index (χ4n) is 3.89. The normalized spacial score (nSPS) is 31.1. The molecule has 0 saturated heterocycles. The Balaban J connectivity index is 1.49. The molecule has 0 radical (unpaired) electrons. The standard InChI is InChI=1S/C16H18ClNO/c17-12(16-10-5-1-2-6-11(10)16)9-15-18-13-7-3-4-8-14(13)19-15/h3-4,7-8,10-12,16H,1-2,5-6,9H2. The SMILES string of the molecule is ClC(Cc1nc2ccccc2o1)C1C2CCCCC21. The van der Waals surface area contributed by atoms with Crippen molar-refractivity contribution >= 4 is 22.7 Å². The molecule has 2 fully saturated rings. The quantitative estimate of drug-likeness (QED) is 0.775. The zero-order valence-electron chi connectivity index (χ0n) is 10.9. The summed E-state index contributed by atoms with van der Waals surface area (Å²) in [7, 11) is 0. The molecule has 3 atom stereocenters. The summed E-state index contributed by atoms with van der Waals surface area (Å²) in [5.41, 5.74) is 1.81. The molecule has 3 unspecified atom stereocenters. The van der Waals surface area contributed by atoms with E-state index in [0.717, 1.165) is 35.2 Å². The minimum Gasteiger partial charge on any atom is -0.441 e. The highest BCUT2D eigenvalue weighted by atomic mass is 35.5.